The highest BCUT2D eigenvalue weighted by atomic mass is 79.9. The van der Waals surface area contributed by atoms with Crippen LogP contribution in [0.2, 0.25) is 0 Å². The van der Waals surface area contributed by atoms with Crippen LogP contribution >= 0.6 is 15.9 Å². The maximum atomic E-state index is 6.31. The van der Waals surface area contributed by atoms with Crippen LogP contribution in [0, 0.1) is 6.92 Å². The molecular weight excluding hydrogens is 436 g/mol. The Labute approximate surface area is 180 Å². The topological polar surface area (TPSA) is 46.2 Å². The lowest BCUT2D eigenvalue weighted by molar-refractivity contribution is -0.181. The van der Waals surface area contributed by atoms with Crippen molar-refractivity contribution >= 4 is 22.0 Å². The number of halogens is 1. The van der Waals surface area contributed by atoms with E-state index in [-0.39, 0.29) is 0 Å². The van der Waals surface area contributed by atoms with Crippen LogP contribution in [0.5, 0.6) is 17.2 Å². The van der Waals surface area contributed by atoms with Crippen molar-refractivity contribution in [3.8, 4) is 17.2 Å². The van der Waals surface area contributed by atoms with Crippen molar-refractivity contribution in [3.05, 3.63) is 57.1 Å². The molecule has 1 aliphatic heterocycles. The van der Waals surface area contributed by atoms with Gasteiger partial charge >= 0.3 is 0 Å². The molecule has 0 saturated heterocycles. The minimum atomic E-state index is -0.761. The second-order valence-electron chi connectivity index (χ2n) is 7.27. The molecule has 0 aliphatic carbocycles. The van der Waals surface area contributed by atoms with Crippen LogP contribution in [0.1, 0.15) is 47.8 Å². The zero-order chi connectivity index (χ0) is 21.3. The minimum Gasteiger partial charge on any atom is -0.496 e. The normalized spacial score (nSPS) is 15.8. The summed E-state index contributed by atoms with van der Waals surface area (Å²) in [6.45, 7) is 10.2. The largest absolute Gasteiger partial charge is 0.496 e. The summed E-state index contributed by atoms with van der Waals surface area (Å²) < 4.78 is 30.4. The molecule has 6 heteroatoms. The van der Waals surface area contributed by atoms with Gasteiger partial charge in [0.1, 0.15) is 23.4 Å². The first-order valence-corrected chi connectivity index (χ1v) is 10.1. The van der Waals surface area contributed by atoms with Crippen molar-refractivity contribution in [1.82, 2.24) is 0 Å². The molecule has 29 heavy (non-hydrogen) atoms. The van der Waals surface area contributed by atoms with Crippen LogP contribution in [-0.2, 0) is 16.1 Å². The van der Waals surface area contributed by atoms with Gasteiger partial charge in [-0.05, 0) is 34.5 Å². The summed E-state index contributed by atoms with van der Waals surface area (Å²) in [5.74, 6) is 1.41. The van der Waals surface area contributed by atoms with Crippen molar-refractivity contribution < 1.29 is 23.7 Å². The van der Waals surface area contributed by atoms with Crippen molar-refractivity contribution in [2.24, 2.45) is 0 Å². The van der Waals surface area contributed by atoms with Crippen molar-refractivity contribution in [3.63, 3.8) is 0 Å². The summed E-state index contributed by atoms with van der Waals surface area (Å²) in [7, 11) is 4.96. The summed E-state index contributed by atoms with van der Waals surface area (Å²) in [6, 6.07) is 5.82. The molecule has 0 amide bonds. The molecule has 156 valence electrons. The van der Waals surface area contributed by atoms with E-state index in [9.17, 15) is 0 Å². The van der Waals surface area contributed by atoms with Gasteiger partial charge in [0.15, 0.2) is 0 Å². The summed E-state index contributed by atoms with van der Waals surface area (Å²) >= 11 is 3.75. The van der Waals surface area contributed by atoms with E-state index in [1.165, 1.54) is 0 Å². The summed E-state index contributed by atoms with van der Waals surface area (Å²) in [4.78, 5) is 0. The van der Waals surface area contributed by atoms with Crippen molar-refractivity contribution in [2.45, 2.75) is 39.3 Å². The van der Waals surface area contributed by atoms with E-state index in [2.05, 4.69) is 22.5 Å². The van der Waals surface area contributed by atoms with E-state index < -0.39 is 11.9 Å². The molecular formula is C23H27BrO5. The quantitative estimate of drug-likeness (QED) is 0.542. The smallest absolute Gasteiger partial charge is 0.205 e. The number of fused-ring (bicyclic) bond motifs is 1. The second-order valence-corrected chi connectivity index (χ2v) is 8.06. The third-order valence-electron chi connectivity index (χ3n) is 5.16. The highest BCUT2D eigenvalue weighted by Crippen LogP contribution is 2.51. The molecule has 3 rings (SSSR count). The zero-order valence-corrected chi connectivity index (χ0v) is 19.3. The first kappa shape index (κ1) is 21.7. The predicted octanol–water partition coefficient (Wildman–Crippen LogP) is 5.80. The van der Waals surface area contributed by atoms with Gasteiger partial charge < -0.3 is 23.7 Å². The van der Waals surface area contributed by atoms with E-state index >= 15 is 0 Å². The van der Waals surface area contributed by atoms with Gasteiger partial charge in [-0.25, -0.2) is 0 Å². The number of ether oxygens (including phenoxy) is 5. The Morgan fingerprint density at radius 1 is 1.17 bits per heavy atom. The molecule has 0 unspecified atom stereocenters. The predicted molar refractivity (Wildman–Crippen MR) is 117 cm³/mol. The third kappa shape index (κ3) is 3.77. The van der Waals surface area contributed by atoms with Gasteiger partial charge in [-0.2, -0.15) is 0 Å². The fourth-order valence-corrected chi connectivity index (χ4v) is 4.57. The van der Waals surface area contributed by atoms with E-state index in [0.29, 0.717) is 12.4 Å². The van der Waals surface area contributed by atoms with E-state index in [4.69, 9.17) is 23.7 Å². The average molecular weight is 463 g/mol. The van der Waals surface area contributed by atoms with Crippen LogP contribution in [0.15, 0.2) is 29.3 Å². The molecule has 5 nitrogen and oxygen atoms in total. The Hall–Kier alpha value is -2.02. The van der Waals surface area contributed by atoms with Crippen LogP contribution in [0.3, 0.4) is 0 Å². The molecule has 0 fully saturated rings. The lowest BCUT2D eigenvalue weighted by Gasteiger charge is -2.37. The monoisotopic (exact) mass is 462 g/mol. The Morgan fingerprint density at radius 3 is 2.48 bits per heavy atom. The van der Waals surface area contributed by atoms with Crippen LogP contribution in [-0.4, -0.2) is 27.1 Å². The van der Waals surface area contributed by atoms with Crippen LogP contribution in [0.25, 0.3) is 6.08 Å². The Kier molecular flexibility index (Phi) is 6.27. The molecule has 0 aromatic heterocycles. The molecule has 0 saturated carbocycles. The summed E-state index contributed by atoms with van der Waals surface area (Å²) in [6.07, 6.45) is 1.31. The van der Waals surface area contributed by atoms with Crippen LogP contribution < -0.4 is 14.2 Å². The maximum Gasteiger partial charge on any atom is 0.205 e. The van der Waals surface area contributed by atoms with E-state index in [0.717, 1.165) is 43.8 Å². The highest BCUT2D eigenvalue weighted by Gasteiger charge is 2.37. The zero-order valence-electron chi connectivity index (χ0n) is 17.7. The fraction of sp³-hybridized carbons (Fsp3) is 0.391. The molecule has 1 atom stereocenters. The molecule has 0 spiro atoms. The van der Waals surface area contributed by atoms with Gasteiger partial charge in [0.25, 0.3) is 0 Å². The maximum absolute atomic E-state index is 6.31. The SMILES string of the molecule is C=Cc1cccc(OC)c1[C@@H](OC)c1c(Br)c(OC)c(C)c2c1OC(C)(C)OC2. The lowest BCUT2D eigenvalue weighted by atomic mass is 9.91. The van der Waals surface area contributed by atoms with Crippen molar-refractivity contribution in [1.29, 1.82) is 0 Å². The highest BCUT2D eigenvalue weighted by molar-refractivity contribution is 9.10. The van der Waals surface area contributed by atoms with Gasteiger partial charge in [-0.1, -0.05) is 24.8 Å². The van der Waals surface area contributed by atoms with Gasteiger partial charge in [0.2, 0.25) is 5.79 Å². The molecule has 2 aromatic carbocycles. The third-order valence-corrected chi connectivity index (χ3v) is 5.95. The van der Waals surface area contributed by atoms with E-state index in [1.54, 1.807) is 27.4 Å². The molecule has 0 N–H and O–H groups in total. The van der Waals surface area contributed by atoms with Gasteiger partial charge in [-0.3, -0.25) is 0 Å². The van der Waals surface area contributed by atoms with Gasteiger partial charge in [0.05, 0.1) is 25.3 Å². The van der Waals surface area contributed by atoms with Gasteiger partial charge in [-0.15, -0.1) is 0 Å². The average Bonchev–Trinajstić information content (AvgIpc) is 2.70. The van der Waals surface area contributed by atoms with Crippen molar-refractivity contribution in [2.75, 3.05) is 21.3 Å². The molecule has 2 aromatic rings. The summed E-state index contributed by atoms with van der Waals surface area (Å²) in [5.41, 5.74) is 4.52. The van der Waals surface area contributed by atoms with Crippen LogP contribution in [0.4, 0.5) is 0 Å². The number of hydrogen-bond donors (Lipinski definition) is 0. The summed E-state index contributed by atoms with van der Waals surface area (Å²) in [5, 5.41) is 0. The molecule has 0 bridgehead atoms. The first-order valence-electron chi connectivity index (χ1n) is 9.33. The minimum absolute atomic E-state index is 0.418. The standard InChI is InChI=1S/C23H27BrO5/c1-8-14-10-9-11-16(25-5)17(14)22(27-7)18-19(24)20(26-6)13(2)15-12-28-23(3,4)29-21(15)18/h8-11,22H,1,12H2,2-7H3/t22-/m1/s1. The number of rotatable bonds is 6. The molecule has 0 radical (unpaired) electrons. The number of hydrogen-bond acceptors (Lipinski definition) is 5. The Morgan fingerprint density at radius 2 is 1.90 bits per heavy atom. The molecule has 1 aliphatic rings. The second kappa shape index (κ2) is 8.38. The lowest BCUT2D eigenvalue weighted by Crippen LogP contribution is -2.36. The first-order chi connectivity index (χ1) is 13.8. The Bertz CT molecular complexity index is 936. The Balaban J connectivity index is 2.37. The van der Waals surface area contributed by atoms with E-state index in [1.807, 2.05) is 39.0 Å². The fourth-order valence-electron chi connectivity index (χ4n) is 3.72. The number of methoxy groups -OCH3 is 3. The van der Waals surface area contributed by atoms with Gasteiger partial charge in [0, 0.05) is 43.2 Å². The molecule has 1 heterocycles. The number of benzene rings is 2.